The van der Waals surface area contributed by atoms with E-state index in [9.17, 15) is 33.9 Å². The first-order chi connectivity index (χ1) is 14.3. The van der Waals surface area contributed by atoms with Crippen LogP contribution >= 0.6 is 12.6 Å². The molecule has 0 aromatic heterocycles. The lowest BCUT2D eigenvalue weighted by molar-refractivity contribution is -0.146. The summed E-state index contributed by atoms with van der Waals surface area (Å²) >= 11 is 3.85. The second kappa shape index (κ2) is 13.4. The summed E-state index contributed by atoms with van der Waals surface area (Å²) in [5.41, 5.74) is 10.6. The van der Waals surface area contributed by atoms with E-state index in [1.165, 1.54) is 0 Å². The summed E-state index contributed by atoms with van der Waals surface area (Å²) < 4.78 is 0. The zero-order valence-corrected chi connectivity index (χ0v) is 17.5. The van der Waals surface area contributed by atoms with E-state index in [-0.39, 0.29) is 18.6 Å². The van der Waals surface area contributed by atoms with Gasteiger partial charge in [0.1, 0.15) is 12.1 Å². The van der Waals surface area contributed by atoms with Gasteiger partial charge in [0, 0.05) is 12.2 Å². The predicted molar refractivity (Wildman–Crippen MR) is 108 cm³/mol. The van der Waals surface area contributed by atoms with Crippen LogP contribution in [0.3, 0.4) is 0 Å². The number of aliphatic hydroxyl groups is 1. The van der Waals surface area contributed by atoms with Gasteiger partial charge < -0.3 is 42.7 Å². The molecule has 0 bridgehead atoms. The first-order valence-corrected chi connectivity index (χ1v) is 9.61. The van der Waals surface area contributed by atoms with Crippen LogP contribution in [-0.2, 0) is 28.8 Å². The molecule has 0 saturated carbocycles. The minimum Gasteiger partial charge on any atom is -0.481 e. The third kappa shape index (κ3) is 10.6. The summed E-state index contributed by atoms with van der Waals surface area (Å²) in [6, 6.07) is -6.01. The molecule has 5 atom stereocenters. The van der Waals surface area contributed by atoms with Crippen molar-refractivity contribution in [3.63, 3.8) is 0 Å². The Labute approximate surface area is 182 Å². The molecule has 0 aromatic rings. The lowest BCUT2D eigenvalue weighted by Crippen LogP contribution is -2.58. The smallest absolute Gasteiger partial charge is 0.328 e. The monoisotopic (exact) mass is 465 g/mol. The van der Waals surface area contributed by atoms with Crippen LogP contribution in [0.1, 0.15) is 26.2 Å². The van der Waals surface area contributed by atoms with E-state index in [1.54, 1.807) is 0 Å². The molecule has 0 radical (unpaired) electrons. The number of aliphatic carboxylic acids is 2. The fourth-order valence-corrected chi connectivity index (χ4v) is 2.38. The summed E-state index contributed by atoms with van der Waals surface area (Å²) in [6.45, 7) is 1.09. The van der Waals surface area contributed by atoms with Crippen LogP contribution in [0, 0.1) is 0 Å². The number of hydrogen-bond donors (Lipinski definition) is 9. The van der Waals surface area contributed by atoms with Gasteiger partial charge in [0.05, 0.1) is 18.6 Å². The van der Waals surface area contributed by atoms with Crippen LogP contribution < -0.4 is 27.4 Å². The summed E-state index contributed by atoms with van der Waals surface area (Å²) in [6.07, 6.45) is -3.06. The van der Waals surface area contributed by atoms with Crippen molar-refractivity contribution in [1.82, 2.24) is 16.0 Å². The molecule has 0 fully saturated rings. The second-order valence-corrected chi connectivity index (χ2v) is 6.94. The molecule has 0 aliphatic rings. The molecule has 14 nitrogen and oxygen atoms in total. The maximum atomic E-state index is 12.6. The number of carbonyl (C=O) groups is 6. The number of primary amides is 1. The van der Waals surface area contributed by atoms with Crippen LogP contribution in [0.5, 0.6) is 0 Å². The van der Waals surface area contributed by atoms with Gasteiger partial charge in [0.25, 0.3) is 0 Å². The van der Waals surface area contributed by atoms with E-state index in [0.717, 1.165) is 6.92 Å². The summed E-state index contributed by atoms with van der Waals surface area (Å²) in [7, 11) is 0. The number of rotatable bonds is 14. The molecule has 0 aliphatic carbocycles. The molecule has 0 heterocycles. The first-order valence-electron chi connectivity index (χ1n) is 8.98. The molecule has 0 saturated heterocycles. The molecule has 4 amide bonds. The van der Waals surface area contributed by atoms with Crippen LogP contribution in [0.2, 0.25) is 0 Å². The summed E-state index contributed by atoms with van der Waals surface area (Å²) in [4.78, 5) is 70.2. The topological polar surface area (TPSA) is 251 Å². The van der Waals surface area contributed by atoms with Gasteiger partial charge in [-0.05, 0) is 13.3 Å². The molecule has 5 unspecified atom stereocenters. The number of nitrogens with one attached hydrogen (secondary N) is 3. The third-order valence-electron chi connectivity index (χ3n) is 3.90. The minimum absolute atomic E-state index is 0.0596. The zero-order chi connectivity index (χ0) is 24.3. The Balaban J connectivity index is 5.53. The van der Waals surface area contributed by atoms with Crippen molar-refractivity contribution in [3.05, 3.63) is 0 Å². The highest BCUT2D eigenvalue weighted by molar-refractivity contribution is 7.80. The number of hydrogen-bond acceptors (Lipinski definition) is 9. The van der Waals surface area contributed by atoms with Crippen molar-refractivity contribution >= 4 is 48.2 Å². The van der Waals surface area contributed by atoms with E-state index in [4.69, 9.17) is 21.7 Å². The van der Waals surface area contributed by atoms with Crippen molar-refractivity contribution in [2.75, 3.05) is 5.75 Å². The summed E-state index contributed by atoms with van der Waals surface area (Å²) in [5.74, 6) is -6.96. The Morgan fingerprint density at radius 1 is 0.935 bits per heavy atom. The zero-order valence-electron chi connectivity index (χ0n) is 16.6. The van der Waals surface area contributed by atoms with Gasteiger partial charge >= 0.3 is 11.9 Å². The molecular formula is C16H27N5O9S. The Hall–Kier alpha value is -2.91. The highest BCUT2D eigenvalue weighted by Crippen LogP contribution is 2.03. The SMILES string of the molecule is CC(O)C(NC(=O)C(CC(=O)O)NC(=O)C(CCC(N)=O)NC(=O)C(N)CS)C(=O)O. The predicted octanol–water partition coefficient (Wildman–Crippen LogP) is -4.10. The molecule has 0 aliphatic heterocycles. The molecular weight excluding hydrogens is 438 g/mol. The van der Waals surface area contributed by atoms with Crippen molar-refractivity contribution in [2.45, 2.75) is 56.5 Å². The normalized spacial score (nSPS) is 15.5. The number of amides is 4. The standard InChI is InChI=1S/C16H27N5O9S/c1-6(22)12(16(29)30)21-15(28)9(4-11(24)25)20-14(27)8(2-3-10(18)23)19-13(26)7(17)5-31/h6-9,12,22,31H,2-5,17H2,1H3,(H2,18,23)(H,19,26)(H,20,27)(H,21,28)(H,24,25)(H,29,30). The highest BCUT2D eigenvalue weighted by Gasteiger charge is 2.33. The number of nitrogens with two attached hydrogens (primary N) is 2. The van der Waals surface area contributed by atoms with Gasteiger partial charge in [0.2, 0.25) is 23.6 Å². The first kappa shape index (κ1) is 28.1. The van der Waals surface area contributed by atoms with Gasteiger partial charge in [-0.3, -0.25) is 24.0 Å². The maximum Gasteiger partial charge on any atom is 0.328 e. The van der Waals surface area contributed by atoms with E-state index in [2.05, 4.69) is 23.3 Å². The fourth-order valence-electron chi connectivity index (χ4n) is 2.22. The van der Waals surface area contributed by atoms with Gasteiger partial charge in [0.15, 0.2) is 6.04 Å². The quantitative estimate of drug-likeness (QED) is 0.112. The van der Waals surface area contributed by atoms with Crippen molar-refractivity contribution in [3.8, 4) is 0 Å². The molecule has 31 heavy (non-hydrogen) atoms. The third-order valence-corrected chi connectivity index (χ3v) is 4.30. The number of aliphatic hydroxyl groups excluding tert-OH is 1. The summed E-state index contributed by atoms with van der Waals surface area (Å²) in [5, 5.41) is 33.8. The molecule has 10 N–H and O–H groups in total. The maximum absolute atomic E-state index is 12.6. The van der Waals surface area contributed by atoms with Crippen LogP contribution in [0.25, 0.3) is 0 Å². The van der Waals surface area contributed by atoms with Gasteiger partial charge in [-0.1, -0.05) is 0 Å². The number of thiol groups is 1. The molecule has 0 spiro atoms. The average molecular weight is 465 g/mol. The Morgan fingerprint density at radius 2 is 1.45 bits per heavy atom. The van der Waals surface area contributed by atoms with E-state index in [0.29, 0.717) is 0 Å². The lowest BCUT2D eigenvalue weighted by Gasteiger charge is -2.25. The highest BCUT2D eigenvalue weighted by atomic mass is 32.1. The van der Waals surface area contributed by atoms with Gasteiger partial charge in [-0.2, -0.15) is 12.6 Å². The molecule has 15 heteroatoms. The van der Waals surface area contributed by atoms with E-state index < -0.39 is 72.3 Å². The Bertz CT molecular complexity index is 703. The molecule has 0 aromatic carbocycles. The van der Waals surface area contributed by atoms with Crippen molar-refractivity contribution < 1.29 is 44.1 Å². The second-order valence-electron chi connectivity index (χ2n) is 6.58. The average Bonchev–Trinajstić information content (AvgIpc) is 2.66. The van der Waals surface area contributed by atoms with Gasteiger partial charge in [-0.25, -0.2) is 4.79 Å². The Kier molecular flexibility index (Phi) is 12.1. The van der Waals surface area contributed by atoms with Crippen molar-refractivity contribution in [2.24, 2.45) is 11.5 Å². The van der Waals surface area contributed by atoms with Crippen molar-refractivity contribution in [1.29, 1.82) is 0 Å². The molecule has 0 rings (SSSR count). The van der Waals surface area contributed by atoms with E-state index >= 15 is 0 Å². The fraction of sp³-hybridized carbons (Fsp3) is 0.625. The van der Waals surface area contributed by atoms with Crippen LogP contribution in [0.4, 0.5) is 0 Å². The molecule has 176 valence electrons. The van der Waals surface area contributed by atoms with Crippen LogP contribution in [0.15, 0.2) is 0 Å². The van der Waals surface area contributed by atoms with E-state index in [1.807, 2.05) is 5.32 Å². The van der Waals surface area contributed by atoms with Gasteiger partial charge in [-0.15, -0.1) is 0 Å². The number of carbonyl (C=O) groups excluding carboxylic acids is 4. The number of carboxylic acid groups (broad SMARTS) is 2. The number of carboxylic acids is 2. The largest absolute Gasteiger partial charge is 0.481 e. The lowest BCUT2D eigenvalue weighted by atomic mass is 10.1. The Morgan fingerprint density at radius 3 is 1.87 bits per heavy atom. The van der Waals surface area contributed by atoms with Crippen LogP contribution in [-0.4, -0.2) is 86.9 Å². The minimum atomic E-state index is -1.76.